The lowest BCUT2D eigenvalue weighted by atomic mass is 9.80. The van der Waals surface area contributed by atoms with Crippen LogP contribution in [0.4, 0.5) is 0 Å². The van der Waals surface area contributed by atoms with Gasteiger partial charge in [0.15, 0.2) is 0 Å². The first-order valence-corrected chi connectivity index (χ1v) is 3.38. The first kappa shape index (κ1) is 9.81. The molecule has 1 aliphatic carbocycles. The second-order valence-corrected chi connectivity index (χ2v) is 3.17. The largest absolute Gasteiger partial charge is 0.326 e. The third-order valence-electron chi connectivity index (χ3n) is 1.92. The van der Waals surface area contributed by atoms with E-state index in [9.17, 15) is 0 Å². The Morgan fingerprint density at radius 3 is 2.40 bits per heavy atom. The van der Waals surface area contributed by atoms with Gasteiger partial charge in [0.05, 0.1) is 0 Å². The molecule has 0 fully saturated rings. The highest BCUT2D eigenvalue weighted by Gasteiger charge is 2.25. The van der Waals surface area contributed by atoms with Crippen molar-refractivity contribution in [3.05, 3.63) is 0 Å². The van der Waals surface area contributed by atoms with E-state index in [4.69, 9.17) is 5.73 Å². The van der Waals surface area contributed by atoms with Gasteiger partial charge in [0.25, 0.3) is 0 Å². The third kappa shape index (κ3) is 1.90. The Balaban J connectivity index is 0.000000810. The summed E-state index contributed by atoms with van der Waals surface area (Å²) in [5.74, 6) is 6.21. The van der Waals surface area contributed by atoms with Crippen LogP contribution in [0.1, 0.15) is 26.7 Å². The third-order valence-corrected chi connectivity index (χ3v) is 1.92. The van der Waals surface area contributed by atoms with Gasteiger partial charge < -0.3 is 5.73 Å². The van der Waals surface area contributed by atoms with E-state index in [-0.39, 0.29) is 23.9 Å². The van der Waals surface area contributed by atoms with Crippen LogP contribution in [-0.2, 0) is 0 Å². The molecular formula is C8H14ClN. The van der Waals surface area contributed by atoms with Crippen LogP contribution in [0, 0.1) is 17.3 Å². The minimum Gasteiger partial charge on any atom is -0.326 e. The predicted molar refractivity (Wildman–Crippen MR) is 46.0 cm³/mol. The normalized spacial score (nSPS) is 27.7. The molecule has 0 aromatic heterocycles. The van der Waals surface area contributed by atoms with Crippen LogP contribution in [0.25, 0.3) is 0 Å². The molecule has 58 valence electrons. The highest BCUT2D eigenvalue weighted by atomic mass is 35.5. The quantitative estimate of drug-likeness (QED) is 0.534. The number of hydrogen-bond acceptors (Lipinski definition) is 1. The van der Waals surface area contributed by atoms with Crippen molar-refractivity contribution < 1.29 is 0 Å². The molecule has 0 heterocycles. The average molecular weight is 160 g/mol. The van der Waals surface area contributed by atoms with Crippen molar-refractivity contribution in [1.82, 2.24) is 0 Å². The Morgan fingerprint density at radius 1 is 1.50 bits per heavy atom. The molecular weight excluding hydrogens is 146 g/mol. The maximum atomic E-state index is 5.81. The van der Waals surface area contributed by atoms with E-state index in [1.807, 2.05) is 0 Å². The summed E-state index contributed by atoms with van der Waals surface area (Å²) >= 11 is 0. The second-order valence-electron chi connectivity index (χ2n) is 3.17. The topological polar surface area (TPSA) is 26.0 Å². The summed E-state index contributed by atoms with van der Waals surface area (Å²) in [6.07, 6.45) is 2.03. The van der Waals surface area contributed by atoms with Crippen molar-refractivity contribution >= 4 is 12.4 Å². The van der Waals surface area contributed by atoms with Gasteiger partial charge in [0.2, 0.25) is 0 Å². The van der Waals surface area contributed by atoms with Crippen molar-refractivity contribution in [2.75, 3.05) is 0 Å². The molecule has 0 saturated heterocycles. The smallest absolute Gasteiger partial charge is 0.0409 e. The highest BCUT2D eigenvalue weighted by Crippen LogP contribution is 2.23. The van der Waals surface area contributed by atoms with Gasteiger partial charge in [-0.3, -0.25) is 0 Å². The highest BCUT2D eigenvalue weighted by molar-refractivity contribution is 5.85. The molecule has 1 rings (SSSR count). The Hall–Kier alpha value is -0.190. The lowest BCUT2D eigenvalue weighted by Crippen LogP contribution is -2.37. The van der Waals surface area contributed by atoms with E-state index in [2.05, 4.69) is 25.7 Å². The SMILES string of the molecule is CC1(C)C#CCC[C@H]1N.Cl. The molecule has 0 radical (unpaired) electrons. The zero-order chi connectivity index (χ0) is 6.91. The van der Waals surface area contributed by atoms with E-state index < -0.39 is 0 Å². The maximum absolute atomic E-state index is 5.81. The summed E-state index contributed by atoms with van der Waals surface area (Å²) in [5.41, 5.74) is 5.86. The van der Waals surface area contributed by atoms with Gasteiger partial charge >= 0.3 is 0 Å². The van der Waals surface area contributed by atoms with Gasteiger partial charge in [-0.1, -0.05) is 5.92 Å². The second kappa shape index (κ2) is 3.27. The first-order valence-electron chi connectivity index (χ1n) is 3.38. The molecule has 10 heavy (non-hydrogen) atoms. The molecule has 0 bridgehead atoms. The fourth-order valence-electron chi connectivity index (χ4n) is 0.972. The fraction of sp³-hybridized carbons (Fsp3) is 0.750. The van der Waals surface area contributed by atoms with Crippen molar-refractivity contribution in [3.63, 3.8) is 0 Å². The van der Waals surface area contributed by atoms with E-state index in [0.717, 1.165) is 12.8 Å². The standard InChI is InChI=1S/C8H13N.ClH/c1-8(2)6-4-3-5-7(8)9;/h7H,3,5,9H2,1-2H3;1H/t7-;/m1./s1. The maximum Gasteiger partial charge on any atom is 0.0409 e. The average Bonchev–Trinajstić information content (AvgIpc) is 1.77. The summed E-state index contributed by atoms with van der Waals surface area (Å²) in [7, 11) is 0. The first-order chi connectivity index (χ1) is 4.13. The van der Waals surface area contributed by atoms with Gasteiger partial charge in [0, 0.05) is 17.9 Å². The minimum atomic E-state index is 0. The number of nitrogens with two attached hydrogens (primary N) is 1. The summed E-state index contributed by atoms with van der Waals surface area (Å²) < 4.78 is 0. The van der Waals surface area contributed by atoms with Crippen LogP contribution in [0.5, 0.6) is 0 Å². The zero-order valence-electron chi connectivity index (χ0n) is 6.48. The van der Waals surface area contributed by atoms with Crippen LogP contribution < -0.4 is 5.73 Å². The Labute approximate surface area is 68.8 Å². The van der Waals surface area contributed by atoms with E-state index in [0.29, 0.717) is 0 Å². The van der Waals surface area contributed by atoms with Crippen LogP contribution in [0.3, 0.4) is 0 Å². The van der Waals surface area contributed by atoms with Gasteiger partial charge in [-0.05, 0) is 20.3 Å². The molecule has 0 spiro atoms. The Morgan fingerprint density at radius 2 is 2.10 bits per heavy atom. The lowest BCUT2D eigenvalue weighted by Gasteiger charge is -2.27. The fourth-order valence-corrected chi connectivity index (χ4v) is 0.972. The molecule has 0 amide bonds. The summed E-state index contributed by atoms with van der Waals surface area (Å²) in [6, 6.07) is 0.277. The molecule has 1 atom stereocenters. The Bertz CT molecular complexity index is 164. The molecule has 1 aliphatic rings. The van der Waals surface area contributed by atoms with Gasteiger partial charge in [-0.2, -0.15) is 0 Å². The van der Waals surface area contributed by atoms with Crippen LogP contribution >= 0.6 is 12.4 Å². The van der Waals surface area contributed by atoms with Gasteiger partial charge in [-0.25, -0.2) is 0 Å². The lowest BCUT2D eigenvalue weighted by molar-refractivity contribution is 0.362. The number of hydrogen-bond donors (Lipinski definition) is 1. The Kier molecular flexibility index (Phi) is 3.21. The summed E-state index contributed by atoms with van der Waals surface area (Å²) in [4.78, 5) is 0. The molecule has 2 heteroatoms. The van der Waals surface area contributed by atoms with Crippen molar-refractivity contribution in [2.24, 2.45) is 11.1 Å². The van der Waals surface area contributed by atoms with Gasteiger partial charge in [-0.15, -0.1) is 18.3 Å². The molecule has 0 unspecified atom stereocenters. The molecule has 0 aliphatic heterocycles. The molecule has 2 N–H and O–H groups in total. The van der Waals surface area contributed by atoms with E-state index >= 15 is 0 Å². The van der Waals surface area contributed by atoms with Crippen LogP contribution in [0.15, 0.2) is 0 Å². The zero-order valence-corrected chi connectivity index (χ0v) is 7.29. The van der Waals surface area contributed by atoms with Crippen molar-refractivity contribution in [3.8, 4) is 11.8 Å². The minimum absolute atomic E-state index is 0. The van der Waals surface area contributed by atoms with Crippen molar-refractivity contribution in [2.45, 2.75) is 32.7 Å². The number of halogens is 1. The van der Waals surface area contributed by atoms with Crippen molar-refractivity contribution in [1.29, 1.82) is 0 Å². The molecule has 1 nitrogen and oxygen atoms in total. The summed E-state index contributed by atoms with van der Waals surface area (Å²) in [5, 5.41) is 0. The predicted octanol–water partition coefficient (Wildman–Crippen LogP) is 1.56. The summed E-state index contributed by atoms with van der Waals surface area (Å²) in [6.45, 7) is 4.20. The number of rotatable bonds is 0. The monoisotopic (exact) mass is 159 g/mol. The van der Waals surface area contributed by atoms with Crippen LogP contribution in [-0.4, -0.2) is 6.04 Å². The molecule has 0 saturated carbocycles. The van der Waals surface area contributed by atoms with E-state index in [1.165, 1.54) is 0 Å². The van der Waals surface area contributed by atoms with Gasteiger partial charge in [0.1, 0.15) is 0 Å². The van der Waals surface area contributed by atoms with Crippen LogP contribution in [0.2, 0.25) is 0 Å². The molecule has 0 aromatic rings. The molecule has 0 aromatic carbocycles. The van der Waals surface area contributed by atoms with E-state index in [1.54, 1.807) is 0 Å².